The third-order valence-corrected chi connectivity index (χ3v) is 4.96. The molecule has 0 atom stereocenters. The molecule has 2 aromatic rings. The second-order valence-electron chi connectivity index (χ2n) is 6.66. The first kappa shape index (κ1) is 15.2. The summed E-state index contributed by atoms with van der Waals surface area (Å²) in [6.07, 6.45) is 5.06. The minimum Gasteiger partial charge on any atom is -0.207 e. The van der Waals surface area contributed by atoms with Crippen LogP contribution in [0.4, 0.5) is 8.78 Å². The van der Waals surface area contributed by atoms with E-state index in [-0.39, 0.29) is 0 Å². The monoisotopic (exact) mass is 300 g/mol. The molecule has 1 saturated carbocycles. The Morgan fingerprint density at radius 3 is 2.14 bits per heavy atom. The van der Waals surface area contributed by atoms with E-state index >= 15 is 0 Å². The fraction of sp³-hybridized carbons (Fsp3) is 0.400. The number of hydrogen-bond acceptors (Lipinski definition) is 0. The van der Waals surface area contributed by atoms with Crippen molar-refractivity contribution in [3.05, 3.63) is 59.2 Å². The predicted octanol–water partition coefficient (Wildman–Crippen LogP) is 6.23. The fourth-order valence-corrected chi connectivity index (χ4v) is 3.41. The molecule has 0 nitrogen and oxygen atoms in total. The highest BCUT2D eigenvalue weighted by molar-refractivity contribution is 5.65. The molecule has 0 aliphatic heterocycles. The van der Waals surface area contributed by atoms with Crippen LogP contribution < -0.4 is 0 Å². The van der Waals surface area contributed by atoms with Gasteiger partial charge >= 0.3 is 0 Å². The number of aryl methyl sites for hydroxylation is 1. The van der Waals surface area contributed by atoms with Crippen molar-refractivity contribution >= 4 is 0 Å². The van der Waals surface area contributed by atoms with Gasteiger partial charge in [0.25, 0.3) is 0 Å². The van der Waals surface area contributed by atoms with Crippen molar-refractivity contribution in [3.63, 3.8) is 0 Å². The highest BCUT2D eigenvalue weighted by Crippen LogP contribution is 2.36. The van der Waals surface area contributed by atoms with Gasteiger partial charge in [-0.05, 0) is 54.4 Å². The largest absolute Gasteiger partial charge is 0.207 e. The summed E-state index contributed by atoms with van der Waals surface area (Å²) in [5.74, 6) is 0.480. The van der Waals surface area contributed by atoms with Crippen molar-refractivity contribution < 1.29 is 8.78 Å². The lowest BCUT2D eigenvalue weighted by Gasteiger charge is -2.26. The van der Waals surface area contributed by atoms with Crippen LogP contribution in [-0.2, 0) is 0 Å². The van der Waals surface area contributed by atoms with Crippen LogP contribution in [0.1, 0.15) is 49.7 Å². The predicted molar refractivity (Wildman–Crippen MR) is 86.9 cm³/mol. The molecule has 1 aliphatic carbocycles. The van der Waals surface area contributed by atoms with E-state index in [2.05, 4.69) is 19.1 Å². The first-order chi connectivity index (χ1) is 10.5. The van der Waals surface area contributed by atoms with Crippen molar-refractivity contribution in [3.8, 4) is 11.1 Å². The molecule has 0 radical (unpaired) electrons. The Morgan fingerprint density at radius 1 is 0.864 bits per heavy atom. The standard InChI is InChI=1S/C20H22F2/c1-13-3-5-15(6-4-13)16-7-9-17(10-8-16)18-11-14(2)19(21)12-20(18)22/h7-13,15H,3-6H2,1-2H3. The number of hydrogen-bond donors (Lipinski definition) is 0. The summed E-state index contributed by atoms with van der Waals surface area (Å²) in [6.45, 7) is 3.98. The Labute approximate surface area is 131 Å². The molecule has 0 aromatic heterocycles. The normalized spacial score (nSPS) is 21.8. The first-order valence-electron chi connectivity index (χ1n) is 8.10. The molecule has 0 unspecified atom stereocenters. The van der Waals surface area contributed by atoms with E-state index in [1.54, 1.807) is 13.0 Å². The summed E-state index contributed by atoms with van der Waals surface area (Å²) in [4.78, 5) is 0. The lowest BCUT2D eigenvalue weighted by atomic mass is 9.79. The average Bonchev–Trinajstić information content (AvgIpc) is 2.52. The lowest BCUT2D eigenvalue weighted by Crippen LogP contribution is -2.10. The van der Waals surface area contributed by atoms with E-state index in [1.165, 1.54) is 31.2 Å². The molecule has 0 saturated heterocycles. The summed E-state index contributed by atoms with van der Waals surface area (Å²) < 4.78 is 27.3. The maximum Gasteiger partial charge on any atom is 0.133 e. The molecule has 1 fully saturated rings. The van der Waals surface area contributed by atoms with Crippen molar-refractivity contribution in [2.45, 2.75) is 45.4 Å². The molecule has 0 heterocycles. The van der Waals surface area contributed by atoms with E-state index in [1.807, 2.05) is 12.1 Å². The zero-order chi connectivity index (χ0) is 15.7. The molecule has 0 N–H and O–H groups in total. The smallest absolute Gasteiger partial charge is 0.133 e. The third kappa shape index (κ3) is 3.06. The quantitative estimate of drug-likeness (QED) is 0.616. The molecular formula is C20H22F2. The minimum absolute atomic E-state index is 0.474. The Kier molecular flexibility index (Phi) is 4.28. The summed E-state index contributed by atoms with van der Waals surface area (Å²) in [5.41, 5.74) is 3.10. The van der Waals surface area contributed by atoms with Gasteiger partial charge in [0, 0.05) is 11.6 Å². The van der Waals surface area contributed by atoms with Crippen LogP contribution in [0, 0.1) is 24.5 Å². The van der Waals surface area contributed by atoms with Crippen LogP contribution in [-0.4, -0.2) is 0 Å². The van der Waals surface area contributed by atoms with Crippen molar-refractivity contribution in [2.75, 3.05) is 0 Å². The molecule has 1 aliphatic rings. The summed E-state index contributed by atoms with van der Waals surface area (Å²) >= 11 is 0. The van der Waals surface area contributed by atoms with Crippen molar-refractivity contribution in [1.82, 2.24) is 0 Å². The van der Waals surface area contributed by atoms with Gasteiger partial charge in [0.15, 0.2) is 0 Å². The Morgan fingerprint density at radius 2 is 1.50 bits per heavy atom. The van der Waals surface area contributed by atoms with Gasteiger partial charge in [0.2, 0.25) is 0 Å². The van der Waals surface area contributed by atoms with Crippen LogP contribution in [0.5, 0.6) is 0 Å². The van der Waals surface area contributed by atoms with Gasteiger partial charge in [0.05, 0.1) is 0 Å². The maximum absolute atomic E-state index is 14.0. The second kappa shape index (κ2) is 6.20. The molecular weight excluding hydrogens is 278 g/mol. The summed E-state index contributed by atoms with van der Waals surface area (Å²) in [5, 5.41) is 0. The molecule has 3 rings (SSSR count). The molecule has 0 amide bonds. The molecule has 2 aromatic carbocycles. The van der Waals surface area contributed by atoms with Gasteiger partial charge in [-0.1, -0.05) is 44.0 Å². The van der Waals surface area contributed by atoms with Crippen LogP contribution in [0.15, 0.2) is 36.4 Å². The lowest BCUT2D eigenvalue weighted by molar-refractivity contribution is 0.348. The summed E-state index contributed by atoms with van der Waals surface area (Å²) in [6, 6.07) is 10.7. The average molecular weight is 300 g/mol. The molecule has 116 valence electrons. The van der Waals surface area contributed by atoms with E-state index < -0.39 is 11.6 Å². The van der Waals surface area contributed by atoms with Crippen LogP contribution in [0.3, 0.4) is 0 Å². The zero-order valence-electron chi connectivity index (χ0n) is 13.2. The molecule has 2 heteroatoms. The first-order valence-corrected chi connectivity index (χ1v) is 8.10. The maximum atomic E-state index is 14.0. The van der Waals surface area contributed by atoms with Crippen molar-refractivity contribution in [1.29, 1.82) is 0 Å². The SMILES string of the molecule is Cc1cc(-c2ccc(C3CCC(C)CC3)cc2)c(F)cc1F. The van der Waals surface area contributed by atoms with E-state index in [4.69, 9.17) is 0 Å². The van der Waals surface area contributed by atoms with Crippen LogP contribution in [0.2, 0.25) is 0 Å². The van der Waals surface area contributed by atoms with E-state index in [9.17, 15) is 8.78 Å². The van der Waals surface area contributed by atoms with Crippen LogP contribution >= 0.6 is 0 Å². The summed E-state index contributed by atoms with van der Waals surface area (Å²) in [7, 11) is 0. The van der Waals surface area contributed by atoms with Gasteiger partial charge in [-0.3, -0.25) is 0 Å². The van der Waals surface area contributed by atoms with Gasteiger partial charge in [-0.25, -0.2) is 8.78 Å². The topological polar surface area (TPSA) is 0 Å². The van der Waals surface area contributed by atoms with Crippen LogP contribution in [0.25, 0.3) is 11.1 Å². The molecule has 22 heavy (non-hydrogen) atoms. The highest BCUT2D eigenvalue weighted by Gasteiger charge is 2.19. The number of halogens is 2. The van der Waals surface area contributed by atoms with Gasteiger partial charge in [-0.15, -0.1) is 0 Å². The zero-order valence-corrected chi connectivity index (χ0v) is 13.2. The van der Waals surface area contributed by atoms with Gasteiger partial charge in [0.1, 0.15) is 11.6 Å². The Balaban J connectivity index is 1.84. The van der Waals surface area contributed by atoms with Gasteiger partial charge < -0.3 is 0 Å². The Bertz CT molecular complexity index is 650. The van der Waals surface area contributed by atoms with Gasteiger partial charge in [-0.2, -0.15) is 0 Å². The Hall–Kier alpha value is -1.70. The van der Waals surface area contributed by atoms with Crippen molar-refractivity contribution in [2.24, 2.45) is 5.92 Å². The number of rotatable bonds is 2. The molecule has 0 bridgehead atoms. The molecule has 0 spiro atoms. The number of benzene rings is 2. The third-order valence-electron chi connectivity index (χ3n) is 4.96. The van der Waals surface area contributed by atoms with E-state index in [0.717, 1.165) is 17.5 Å². The fourth-order valence-electron chi connectivity index (χ4n) is 3.41. The van der Waals surface area contributed by atoms with E-state index in [0.29, 0.717) is 17.0 Å². The minimum atomic E-state index is -0.498. The highest BCUT2D eigenvalue weighted by atomic mass is 19.1. The second-order valence-corrected chi connectivity index (χ2v) is 6.66.